The summed E-state index contributed by atoms with van der Waals surface area (Å²) in [4.78, 5) is 12.6. The van der Waals surface area contributed by atoms with E-state index in [1.54, 1.807) is 38.5 Å². The smallest absolute Gasteiger partial charge is 0.255 e. The predicted octanol–water partition coefficient (Wildman–Crippen LogP) is 4.52. The lowest BCUT2D eigenvalue weighted by Crippen LogP contribution is -2.13. The topological polar surface area (TPSA) is 66.0 Å². The van der Waals surface area contributed by atoms with Crippen LogP contribution in [0.4, 0.5) is 5.69 Å². The van der Waals surface area contributed by atoms with E-state index >= 15 is 0 Å². The average Bonchev–Trinajstić information content (AvgIpc) is 2.67. The molecule has 2 rings (SSSR count). The molecular weight excluding hydrogens is 414 g/mol. The molecule has 0 fully saturated rings. The van der Waals surface area contributed by atoms with Crippen molar-refractivity contribution in [2.75, 3.05) is 39.4 Å². The highest BCUT2D eigenvalue weighted by molar-refractivity contribution is 9.10. The number of ether oxygens (including phenoxy) is 4. The molecule has 6 nitrogen and oxygen atoms in total. The highest BCUT2D eigenvalue weighted by Crippen LogP contribution is 2.37. The summed E-state index contributed by atoms with van der Waals surface area (Å²) >= 11 is 3.45. The van der Waals surface area contributed by atoms with Crippen LogP contribution in [0, 0.1) is 0 Å². The molecule has 27 heavy (non-hydrogen) atoms. The molecule has 7 heteroatoms. The van der Waals surface area contributed by atoms with Crippen LogP contribution in [0.5, 0.6) is 17.2 Å². The molecule has 146 valence electrons. The van der Waals surface area contributed by atoms with Crippen LogP contribution in [0.25, 0.3) is 0 Å². The fourth-order valence-corrected chi connectivity index (χ4v) is 2.86. The second-order valence-corrected chi connectivity index (χ2v) is 6.52. The van der Waals surface area contributed by atoms with Gasteiger partial charge in [-0.15, -0.1) is 0 Å². The number of benzene rings is 2. The lowest BCUT2D eigenvalue weighted by Gasteiger charge is -2.14. The van der Waals surface area contributed by atoms with Gasteiger partial charge in [-0.05, 0) is 46.6 Å². The van der Waals surface area contributed by atoms with Crippen molar-refractivity contribution in [2.24, 2.45) is 0 Å². The van der Waals surface area contributed by atoms with Crippen molar-refractivity contribution in [2.45, 2.75) is 13.3 Å². The van der Waals surface area contributed by atoms with E-state index < -0.39 is 0 Å². The molecule has 0 aliphatic heterocycles. The Bertz CT molecular complexity index is 766. The Kier molecular flexibility index (Phi) is 8.42. The van der Waals surface area contributed by atoms with E-state index in [1.165, 1.54) is 0 Å². The van der Waals surface area contributed by atoms with Gasteiger partial charge in [-0.2, -0.15) is 0 Å². The molecule has 0 aliphatic rings. The predicted molar refractivity (Wildman–Crippen MR) is 108 cm³/mol. The zero-order valence-corrected chi connectivity index (χ0v) is 17.3. The standard InChI is InChI=1S/C20H24BrNO5/c1-4-8-27-19-17(21)11-14(12-18(19)25-3)20(23)22-15-6-5-7-16(13-15)26-10-9-24-2/h5-7,11-13H,4,8-10H2,1-3H3,(H,22,23). The van der Waals surface area contributed by atoms with Crippen LogP contribution in [-0.4, -0.2) is 39.9 Å². The van der Waals surface area contributed by atoms with Gasteiger partial charge in [-0.1, -0.05) is 13.0 Å². The van der Waals surface area contributed by atoms with Gasteiger partial charge in [0.15, 0.2) is 11.5 Å². The zero-order chi connectivity index (χ0) is 19.6. The first kappa shape index (κ1) is 21.1. The van der Waals surface area contributed by atoms with E-state index in [0.29, 0.717) is 52.8 Å². The summed E-state index contributed by atoms with van der Waals surface area (Å²) in [7, 11) is 3.16. The van der Waals surface area contributed by atoms with Crippen molar-refractivity contribution in [1.82, 2.24) is 0 Å². The van der Waals surface area contributed by atoms with Crippen LogP contribution in [0.2, 0.25) is 0 Å². The molecule has 0 aromatic heterocycles. The number of methoxy groups -OCH3 is 2. The number of hydrogen-bond acceptors (Lipinski definition) is 5. The second-order valence-electron chi connectivity index (χ2n) is 5.66. The molecule has 0 aliphatic carbocycles. The Labute approximate surface area is 167 Å². The van der Waals surface area contributed by atoms with E-state index in [4.69, 9.17) is 18.9 Å². The molecule has 0 heterocycles. The lowest BCUT2D eigenvalue weighted by atomic mass is 10.1. The SMILES string of the molecule is CCCOc1c(Br)cc(C(=O)Nc2cccc(OCCOC)c2)cc1OC. The minimum Gasteiger partial charge on any atom is -0.493 e. The Morgan fingerprint density at radius 3 is 2.59 bits per heavy atom. The Hall–Kier alpha value is -2.25. The molecule has 1 N–H and O–H groups in total. The minimum atomic E-state index is -0.259. The largest absolute Gasteiger partial charge is 0.493 e. The highest BCUT2D eigenvalue weighted by Gasteiger charge is 2.16. The molecule has 2 aromatic rings. The van der Waals surface area contributed by atoms with Gasteiger partial charge in [0.05, 0.1) is 24.8 Å². The molecule has 0 radical (unpaired) electrons. The third kappa shape index (κ3) is 6.15. The number of anilines is 1. The quantitative estimate of drug-likeness (QED) is 0.553. The summed E-state index contributed by atoms with van der Waals surface area (Å²) in [5.74, 6) is 1.49. The minimum absolute atomic E-state index is 0.259. The molecule has 0 spiro atoms. The molecule has 0 saturated carbocycles. The monoisotopic (exact) mass is 437 g/mol. The van der Waals surface area contributed by atoms with E-state index in [0.717, 1.165) is 6.42 Å². The van der Waals surface area contributed by atoms with Gasteiger partial charge >= 0.3 is 0 Å². The van der Waals surface area contributed by atoms with E-state index in [9.17, 15) is 4.79 Å². The number of carbonyl (C=O) groups excluding carboxylic acids is 1. The second kappa shape index (κ2) is 10.8. The first-order valence-electron chi connectivity index (χ1n) is 8.62. The van der Waals surface area contributed by atoms with Gasteiger partial charge in [0.25, 0.3) is 5.91 Å². The average molecular weight is 438 g/mol. The maximum Gasteiger partial charge on any atom is 0.255 e. The van der Waals surface area contributed by atoms with Gasteiger partial charge in [-0.25, -0.2) is 0 Å². The number of amides is 1. The van der Waals surface area contributed by atoms with Crippen LogP contribution in [0.3, 0.4) is 0 Å². The molecular formula is C20H24BrNO5. The fourth-order valence-electron chi connectivity index (χ4n) is 2.30. The van der Waals surface area contributed by atoms with Gasteiger partial charge < -0.3 is 24.3 Å². The third-order valence-electron chi connectivity index (χ3n) is 3.59. The summed E-state index contributed by atoms with van der Waals surface area (Å²) in [6.45, 7) is 3.53. The summed E-state index contributed by atoms with van der Waals surface area (Å²) < 4.78 is 22.3. The number of nitrogens with one attached hydrogen (secondary N) is 1. The van der Waals surface area contributed by atoms with Crippen LogP contribution >= 0.6 is 15.9 Å². The van der Waals surface area contributed by atoms with Gasteiger partial charge in [0.2, 0.25) is 0 Å². The van der Waals surface area contributed by atoms with Crippen molar-refractivity contribution < 1.29 is 23.7 Å². The maximum absolute atomic E-state index is 12.6. The first-order chi connectivity index (χ1) is 13.1. The fraction of sp³-hybridized carbons (Fsp3) is 0.350. The maximum atomic E-state index is 12.6. The zero-order valence-electron chi connectivity index (χ0n) is 15.7. The summed E-state index contributed by atoms with van der Waals surface area (Å²) in [6.07, 6.45) is 0.876. The Morgan fingerprint density at radius 2 is 1.89 bits per heavy atom. The highest BCUT2D eigenvalue weighted by atomic mass is 79.9. The van der Waals surface area contributed by atoms with Crippen molar-refractivity contribution in [3.05, 3.63) is 46.4 Å². The van der Waals surface area contributed by atoms with Crippen LogP contribution in [0.15, 0.2) is 40.9 Å². The lowest BCUT2D eigenvalue weighted by molar-refractivity contribution is 0.102. The molecule has 1 amide bonds. The van der Waals surface area contributed by atoms with Gasteiger partial charge in [-0.3, -0.25) is 4.79 Å². The molecule has 0 unspecified atom stereocenters. The van der Waals surface area contributed by atoms with E-state index in [-0.39, 0.29) is 5.91 Å². The number of carbonyl (C=O) groups is 1. The van der Waals surface area contributed by atoms with Crippen LogP contribution < -0.4 is 19.5 Å². The molecule has 0 bridgehead atoms. The number of halogens is 1. The third-order valence-corrected chi connectivity index (χ3v) is 4.18. The molecule has 2 aromatic carbocycles. The Balaban J connectivity index is 2.13. The summed E-state index contributed by atoms with van der Waals surface area (Å²) in [5.41, 5.74) is 1.09. The Morgan fingerprint density at radius 1 is 1.07 bits per heavy atom. The van der Waals surface area contributed by atoms with Crippen molar-refractivity contribution in [3.8, 4) is 17.2 Å². The van der Waals surface area contributed by atoms with Crippen LogP contribution in [-0.2, 0) is 4.74 Å². The molecule has 0 atom stereocenters. The van der Waals surface area contributed by atoms with E-state index in [2.05, 4.69) is 21.2 Å². The summed E-state index contributed by atoms with van der Waals surface area (Å²) in [5, 5.41) is 2.86. The first-order valence-corrected chi connectivity index (χ1v) is 9.41. The van der Waals surface area contributed by atoms with Crippen molar-refractivity contribution in [1.29, 1.82) is 0 Å². The van der Waals surface area contributed by atoms with Crippen molar-refractivity contribution >= 4 is 27.5 Å². The van der Waals surface area contributed by atoms with E-state index in [1.807, 2.05) is 19.1 Å². The number of hydrogen-bond donors (Lipinski definition) is 1. The molecule has 0 saturated heterocycles. The van der Waals surface area contributed by atoms with Crippen molar-refractivity contribution in [3.63, 3.8) is 0 Å². The van der Waals surface area contributed by atoms with Gasteiger partial charge in [0.1, 0.15) is 12.4 Å². The van der Waals surface area contributed by atoms with Crippen LogP contribution in [0.1, 0.15) is 23.7 Å². The van der Waals surface area contributed by atoms with Gasteiger partial charge in [0, 0.05) is 24.4 Å². The summed E-state index contributed by atoms with van der Waals surface area (Å²) in [6, 6.07) is 10.6. The normalized spacial score (nSPS) is 10.4. The number of rotatable bonds is 10.